The molecule has 2 heterocycles. The van der Waals surface area contributed by atoms with Gasteiger partial charge < -0.3 is 15.1 Å². The first kappa shape index (κ1) is 25.7. The van der Waals surface area contributed by atoms with Crippen LogP contribution in [0.5, 0.6) is 0 Å². The summed E-state index contributed by atoms with van der Waals surface area (Å²) in [7, 11) is 0. The Hall–Kier alpha value is -3.94. The quantitative estimate of drug-likeness (QED) is 0.481. The number of imide groups is 1. The van der Waals surface area contributed by atoms with E-state index in [0.717, 1.165) is 35.7 Å². The van der Waals surface area contributed by atoms with Crippen molar-refractivity contribution in [2.45, 2.75) is 20.4 Å². The van der Waals surface area contributed by atoms with Crippen LogP contribution in [0.15, 0.2) is 83.5 Å². The van der Waals surface area contributed by atoms with E-state index in [0.29, 0.717) is 30.0 Å². The number of aryl methyl sites for hydroxylation is 2. The lowest BCUT2D eigenvalue weighted by Crippen LogP contribution is -3.13. The summed E-state index contributed by atoms with van der Waals surface area (Å²) in [6, 6.07) is 22.8. The first-order chi connectivity index (χ1) is 18.3. The summed E-state index contributed by atoms with van der Waals surface area (Å²) in [6.45, 7) is 7.85. The van der Waals surface area contributed by atoms with Crippen molar-refractivity contribution in [1.82, 2.24) is 4.90 Å². The number of piperazine rings is 1. The van der Waals surface area contributed by atoms with E-state index < -0.39 is 11.8 Å². The third-order valence-corrected chi connectivity index (χ3v) is 7.40. The minimum Gasteiger partial charge on any atom is -0.350 e. The molecule has 0 unspecified atom stereocenters. The summed E-state index contributed by atoms with van der Waals surface area (Å²) in [5.41, 5.74) is 4.66. The summed E-state index contributed by atoms with van der Waals surface area (Å²) in [4.78, 5) is 43.8. The van der Waals surface area contributed by atoms with Gasteiger partial charge in [0.2, 0.25) is 0 Å². The summed E-state index contributed by atoms with van der Waals surface area (Å²) in [6.07, 6.45) is 0. The van der Waals surface area contributed by atoms with Crippen molar-refractivity contribution in [1.29, 1.82) is 0 Å². The van der Waals surface area contributed by atoms with Crippen LogP contribution in [-0.4, -0.2) is 48.8 Å². The molecule has 2 N–H and O–H groups in total. The van der Waals surface area contributed by atoms with Gasteiger partial charge in [-0.25, -0.2) is 4.90 Å². The van der Waals surface area contributed by atoms with Crippen LogP contribution in [0.3, 0.4) is 0 Å². The van der Waals surface area contributed by atoms with Gasteiger partial charge in [-0.3, -0.25) is 14.4 Å². The fourth-order valence-electron chi connectivity index (χ4n) is 5.03. The van der Waals surface area contributed by atoms with E-state index in [-0.39, 0.29) is 16.6 Å². The number of hydrogen-bond acceptors (Lipinski definition) is 4. The van der Waals surface area contributed by atoms with Crippen LogP contribution in [0.2, 0.25) is 0 Å². The van der Waals surface area contributed by atoms with E-state index >= 15 is 0 Å². The van der Waals surface area contributed by atoms with Crippen molar-refractivity contribution >= 4 is 40.7 Å². The zero-order valence-electron chi connectivity index (χ0n) is 21.5. The molecule has 7 nitrogen and oxygen atoms in total. The van der Waals surface area contributed by atoms with E-state index in [4.69, 9.17) is 11.6 Å². The predicted molar refractivity (Wildman–Crippen MR) is 148 cm³/mol. The molecule has 3 aromatic carbocycles. The number of hydrogen-bond donors (Lipinski definition) is 2. The number of nitrogens with zero attached hydrogens (tertiary/aromatic N) is 2. The van der Waals surface area contributed by atoms with E-state index in [1.54, 1.807) is 30.3 Å². The second-order valence-corrected chi connectivity index (χ2v) is 10.2. The predicted octanol–water partition coefficient (Wildman–Crippen LogP) is 3.28. The van der Waals surface area contributed by atoms with Crippen molar-refractivity contribution in [3.8, 4) is 0 Å². The summed E-state index contributed by atoms with van der Waals surface area (Å²) >= 11 is 6.33. The average Bonchev–Trinajstić information content (AvgIpc) is 3.12. The molecule has 38 heavy (non-hydrogen) atoms. The Kier molecular flexibility index (Phi) is 7.31. The first-order valence-corrected chi connectivity index (χ1v) is 13.1. The molecule has 194 valence electrons. The molecule has 0 aliphatic carbocycles. The number of anilines is 2. The van der Waals surface area contributed by atoms with Gasteiger partial charge in [0.25, 0.3) is 17.7 Å². The average molecular weight is 530 g/mol. The van der Waals surface area contributed by atoms with Crippen LogP contribution in [0.4, 0.5) is 11.4 Å². The molecule has 3 aromatic rings. The van der Waals surface area contributed by atoms with E-state index in [2.05, 4.69) is 29.6 Å². The molecule has 0 saturated carbocycles. The van der Waals surface area contributed by atoms with Crippen LogP contribution in [0.1, 0.15) is 27.0 Å². The van der Waals surface area contributed by atoms with Crippen molar-refractivity contribution in [2.75, 3.05) is 36.4 Å². The van der Waals surface area contributed by atoms with Gasteiger partial charge in [-0.15, -0.1) is 0 Å². The molecule has 3 amide bonds. The van der Waals surface area contributed by atoms with Crippen LogP contribution >= 0.6 is 11.6 Å². The number of nitrogens with one attached hydrogen (secondary N) is 2. The Morgan fingerprint density at radius 1 is 0.921 bits per heavy atom. The molecule has 0 atom stereocenters. The highest BCUT2D eigenvalue weighted by Gasteiger charge is 2.39. The highest BCUT2D eigenvalue weighted by Crippen LogP contribution is 2.32. The highest BCUT2D eigenvalue weighted by atomic mass is 35.5. The van der Waals surface area contributed by atoms with Gasteiger partial charge in [-0.1, -0.05) is 65.7 Å². The van der Waals surface area contributed by atoms with Crippen LogP contribution in [-0.2, 0) is 16.1 Å². The minimum atomic E-state index is -0.575. The maximum absolute atomic E-state index is 13.3. The molecule has 2 aliphatic rings. The normalized spacial score (nSPS) is 16.4. The third-order valence-electron chi connectivity index (χ3n) is 7.05. The number of halogens is 1. The van der Waals surface area contributed by atoms with Gasteiger partial charge in [-0.05, 0) is 43.7 Å². The second-order valence-electron chi connectivity index (χ2n) is 9.84. The van der Waals surface area contributed by atoms with Crippen LogP contribution in [0.25, 0.3) is 0 Å². The molecular weight excluding hydrogens is 500 g/mol. The van der Waals surface area contributed by atoms with Crippen molar-refractivity contribution < 1.29 is 19.3 Å². The monoisotopic (exact) mass is 529 g/mol. The third kappa shape index (κ3) is 5.21. The first-order valence-electron chi connectivity index (χ1n) is 12.7. The van der Waals surface area contributed by atoms with Crippen LogP contribution < -0.4 is 15.1 Å². The number of benzene rings is 3. The number of carbonyl (C=O) groups is 3. The highest BCUT2D eigenvalue weighted by molar-refractivity contribution is 6.53. The summed E-state index contributed by atoms with van der Waals surface area (Å²) < 4.78 is 0. The maximum atomic E-state index is 13.3. The summed E-state index contributed by atoms with van der Waals surface area (Å²) in [5, 5.41) is 2.82. The van der Waals surface area contributed by atoms with Gasteiger partial charge in [0, 0.05) is 16.8 Å². The molecule has 0 aromatic heterocycles. The Balaban J connectivity index is 1.25. The fraction of sp³-hybridized carbons (Fsp3) is 0.233. The minimum absolute atomic E-state index is 0.000586. The zero-order chi connectivity index (χ0) is 26.8. The van der Waals surface area contributed by atoms with E-state index in [1.165, 1.54) is 10.5 Å². The van der Waals surface area contributed by atoms with E-state index in [1.807, 2.05) is 36.9 Å². The van der Waals surface area contributed by atoms with Gasteiger partial charge >= 0.3 is 0 Å². The Morgan fingerprint density at radius 3 is 2.37 bits per heavy atom. The van der Waals surface area contributed by atoms with Gasteiger partial charge in [0.05, 0.1) is 31.9 Å². The molecule has 2 aliphatic heterocycles. The van der Waals surface area contributed by atoms with Gasteiger partial charge in [-0.2, -0.15) is 0 Å². The van der Waals surface area contributed by atoms with Crippen molar-refractivity contribution in [3.05, 3.63) is 106 Å². The molecule has 0 spiro atoms. The number of amides is 3. The van der Waals surface area contributed by atoms with E-state index in [9.17, 15) is 14.4 Å². The SMILES string of the molecule is Cc1ccc(N2C(=O)C(Cl)=C(Nc3cccc(C(=O)N4CC[NH+](Cc5ccccc5)CC4)c3)C2=O)c(C)c1. The largest absolute Gasteiger partial charge is 0.350 e. The molecule has 1 saturated heterocycles. The maximum Gasteiger partial charge on any atom is 0.283 e. The Bertz CT molecular complexity index is 1430. The Morgan fingerprint density at radius 2 is 1.66 bits per heavy atom. The lowest BCUT2D eigenvalue weighted by Gasteiger charge is -2.32. The van der Waals surface area contributed by atoms with Crippen LogP contribution in [0, 0.1) is 13.8 Å². The molecule has 8 heteroatoms. The van der Waals surface area contributed by atoms with Gasteiger partial charge in [0.15, 0.2) is 0 Å². The fourth-order valence-corrected chi connectivity index (χ4v) is 5.24. The molecular formula is C30H30ClN4O3+. The zero-order valence-corrected chi connectivity index (χ0v) is 22.2. The second kappa shape index (κ2) is 10.8. The number of rotatable bonds is 6. The molecule has 0 bridgehead atoms. The number of carbonyl (C=O) groups excluding carboxylic acids is 3. The Labute approximate surface area is 227 Å². The molecule has 0 radical (unpaired) electrons. The lowest BCUT2D eigenvalue weighted by atomic mass is 10.1. The van der Waals surface area contributed by atoms with Crippen molar-refractivity contribution in [2.24, 2.45) is 0 Å². The standard InChI is InChI=1S/C30H29ClN4O3/c1-20-11-12-25(21(2)17-20)35-29(37)26(31)27(30(35)38)32-24-10-6-9-23(18-24)28(36)34-15-13-33(14-16-34)19-22-7-4-3-5-8-22/h3-12,17-18,32H,13-16,19H2,1-2H3/p+1. The molecule has 1 fully saturated rings. The van der Waals surface area contributed by atoms with Gasteiger partial charge in [0.1, 0.15) is 17.3 Å². The number of quaternary nitrogens is 1. The topological polar surface area (TPSA) is 74.2 Å². The summed E-state index contributed by atoms with van der Waals surface area (Å²) in [5.74, 6) is -1.16. The van der Waals surface area contributed by atoms with Crippen molar-refractivity contribution in [3.63, 3.8) is 0 Å². The molecule has 5 rings (SSSR count). The lowest BCUT2D eigenvalue weighted by molar-refractivity contribution is -0.917. The smallest absolute Gasteiger partial charge is 0.283 e.